The molecule has 11 nitrogen and oxygen atoms in total. The number of benzene rings is 4. The van der Waals surface area contributed by atoms with Crippen molar-refractivity contribution in [3.05, 3.63) is 102 Å². The second-order valence-electron chi connectivity index (χ2n) is 9.81. The van der Waals surface area contributed by atoms with E-state index in [1.54, 1.807) is 32.2 Å². The van der Waals surface area contributed by atoms with Crippen LogP contribution in [0.3, 0.4) is 0 Å². The van der Waals surface area contributed by atoms with Gasteiger partial charge < -0.3 is 28.7 Å². The average Bonchev–Trinajstić information content (AvgIpc) is 3.46. The highest BCUT2D eigenvalue weighted by Crippen LogP contribution is 2.36. The minimum atomic E-state index is -0.675. The number of hydrazone groups is 1. The Morgan fingerprint density at radius 2 is 1.54 bits per heavy atom. The van der Waals surface area contributed by atoms with Crippen LogP contribution < -0.4 is 29.1 Å². The molecule has 5 rings (SSSR count). The van der Waals surface area contributed by atoms with Gasteiger partial charge in [-0.3, -0.25) is 9.59 Å². The number of fused-ring (bicyclic) bond motifs is 1. The van der Waals surface area contributed by atoms with Crippen LogP contribution >= 0.6 is 0 Å². The molecule has 0 unspecified atom stereocenters. The highest BCUT2D eigenvalue weighted by molar-refractivity contribution is 6.11. The summed E-state index contributed by atoms with van der Waals surface area (Å²) in [4.78, 5) is 40.9. The molecule has 0 bridgehead atoms. The molecule has 0 aliphatic carbocycles. The highest BCUT2D eigenvalue weighted by atomic mass is 16.6. The number of nitrogens with one attached hydrogen (secondary N) is 2. The zero-order valence-corrected chi connectivity index (χ0v) is 25.6. The highest BCUT2D eigenvalue weighted by Gasteiger charge is 2.21. The van der Waals surface area contributed by atoms with Crippen LogP contribution in [0.5, 0.6) is 28.7 Å². The van der Waals surface area contributed by atoms with E-state index < -0.39 is 17.8 Å². The van der Waals surface area contributed by atoms with Crippen molar-refractivity contribution < 1.29 is 38.1 Å². The first-order chi connectivity index (χ1) is 22.3. The molecule has 0 aliphatic heterocycles. The number of amides is 1. The summed E-state index contributed by atoms with van der Waals surface area (Å²) in [6.45, 7) is 3.37. The molecule has 1 aromatic heterocycles. The monoisotopic (exact) mass is 621 g/mol. The Hall–Kier alpha value is -6.10. The number of para-hydroxylation sites is 1. The number of carbonyl (C=O) groups is 3. The molecule has 0 fully saturated rings. The van der Waals surface area contributed by atoms with Gasteiger partial charge in [-0.25, -0.2) is 10.2 Å². The lowest BCUT2D eigenvalue weighted by atomic mass is 10.0. The first-order valence-electron chi connectivity index (χ1n) is 14.3. The molecule has 0 saturated heterocycles. The topological polar surface area (TPSA) is 138 Å². The standard InChI is InChI=1S/C35H31N3O8/c1-5-44-30-18-22(14-16-27(30)46-35(41)24-15-17-26(45-21(2)39)29(19-24)43-4)20-36-38-34(40)33-31(23-10-7-6-8-11-23)25-12-9-13-28(42-3)32(25)37-33/h6-20,37H,5H2,1-4H3,(H,38,40). The van der Waals surface area contributed by atoms with Gasteiger partial charge in [0.25, 0.3) is 5.91 Å². The predicted molar refractivity (Wildman–Crippen MR) is 172 cm³/mol. The van der Waals surface area contributed by atoms with E-state index in [1.165, 1.54) is 38.4 Å². The third-order valence-corrected chi connectivity index (χ3v) is 6.81. The Bertz CT molecular complexity index is 1930. The van der Waals surface area contributed by atoms with Crippen molar-refractivity contribution in [1.29, 1.82) is 0 Å². The van der Waals surface area contributed by atoms with Crippen molar-refractivity contribution >= 4 is 35.0 Å². The molecule has 1 heterocycles. The van der Waals surface area contributed by atoms with Crippen LogP contribution in [0.4, 0.5) is 0 Å². The summed E-state index contributed by atoms with van der Waals surface area (Å²) in [7, 11) is 2.97. The Labute approximate surface area is 264 Å². The van der Waals surface area contributed by atoms with Crippen LogP contribution in [0.15, 0.2) is 90.0 Å². The quantitative estimate of drug-likeness (QED) is 0.0775. The van der Waals surface area contributed by atoms with Gasteiger partial charge in [0.1, 0.15) is 11.4 Å². The van der Waals surface area contributed by atoms with Crippen LogP contribution in [-0.4, -0.2) is 49.9 Å². The molecule has 4 aromatic carbocycles. The Balaban J connectivity index is 1.35. The molecule has 1 amide bonds. The number of esters is 2. The zero-order chi connectivity index (χ0) is 32.6. The number of carbonyl (C=O) groups excluding carboxylic acids is 3. The summed E-state index contributed by atoms with van der Waals surface area (Å²) in [6, 6.07) is 24.4. The third kappa shape index (κ3) is 6.83. The van der Waals surface area contributed by atoms with Crippen LogP contribution in [0.2, 0.25) is 0 Å². The number of rotatable bonds is 11. The summed E-state index contributed by atoms with van der Waals surface area (Å²) in [5, 5.41) is 5.00. The first-order valence-corrected chi connectivity index (χ1v) is 14.3. The van der Waals surface area contributed by atoms with Gasteiger partial charge in [-0.05, 0) is 60.5 Å². The van der Waals surface area contributed by atoms with Crippen molar-refractivity contribution in [3.8, 4) is 39.9 Å². The van der Waals surface area contributed by atoms with Crippen LogP contribution in [0.1, 0.15) is 40.3 Å². The van der Waals surface area contributed by atoms with E-state index in [4.69, 9.17) is 23.7 Å². The maximum atomic E-state index is 13.4. The lowest BCUT2D eigenvalue weighted by Crippen LogP contribution is -2.19. The number of H-pyrrole nitrogens is 1. The van der Waals surface area contributed by atoms with E-state index >= 15 is 0 Å². The Morgan fingerprint density at radius 3 is 2.26 bits per heavy atom. The number of aromatic nitrogens is 1. The number of aromatic amines is 1. The van der Waals surface area contributed by atoms with Gasteiger partial charge in [-0.1, -0.05) is 42.5 Å². The fourth-order valence-corrected chi connectivity index (χ4v) is 4.81. The van der Waals surface area contributed by atoms with E-state index in [1.807, 2.05) is 48.5 Å². The van der Waals surface area contributed by atoms with Gasteiger partial charge in [-0.15, -0.1) is 0 Å². The van der Waals surface area contributed by atoms with E-state index in [0.29, 0.717) is 34.9 Å². The minimum Gasteiger partial charge on any atom is -0.495 e. The van der Waals surface area contributed by atoms with Gasteiger partial charge in [-0.2, -0.15) is 5.10 Å². The molecule has 2 N–H and O–H groups in total. The van der Waals surface area contributed by atoms with Crippen molar-refractivity contribution in [2.24, 2.45) is 5.10 Å². The molecule has 0 spiro atoms. The van der Waals surface area contributed by atoms with Gasteiger partial charge in [0.05, 0.1) is 38.1 Å². The van der Waals surface area contributed by atoms with Gasteiger partial charge in [0.15, 0.2) is 23.0 Å². The van der Waals surface area contributed by atoms with Crippen molar-refractivity contribution in [1.82, 2.24) is 10.4 Å². The van der Waals surface area contributed by atoms with Crippen molar-refractivity contribution in [3.63, 3.8) is 0 Å². The second-order valence-corrected chi connectivity index (χ2v) is 9.81. The molecule has 0 radical (unpaired) electrons. The molecular weight excluding hydrogens is 590 g/mol. The molecule has 0 aliphatic rings. The van der Waals surface area contributed by atoms with Crippen molar-refractivity contribution in [2.75, 3.05) is 20.8 Å². The van der Waals surface area contributed by atoms with Crippen LogP contribution in [0, 0.1) is 0 Å². The lowest BCUT2D eigenvalue weighted by molar-refractivity contribution is -0.132. The largest absolute Gasteiger partial charge is 0.495 e. The first kappa shape index (κ1) is 31.3. The lowest BCUT2D eigenvalue weighted by Gasteiger charge is -2.13. The number of hydrogen-bond acceptors (Lipinski definition) is 9. The number of nitrogens with zero attached hydrogens (tertiary/aromatic N) is 1. The molecule has 11 heteroatoms. The fourth-order valence-electron chi connectivity index (χ4n) is 4.81. The minimum absolute atomic E-state index is 0.174. The Kier molecular flexibility index (Phi) is 9.62. The predicted octanol–water partition coefficient (Wildman–Crippen LogP) is 6.16. The fraction of sp³-hybridized carbons (Fsp3) is 0.143. The van der Waals surface area contributed by atoms with Crippen LogP contribution in [0.25, 0.3) is 22.0 Å². The molecule has 0 atom stereocenters. The Morgan fingerprint density at radius 1 is 0.804 bits per heavy atom. The number of ether oxygens (including phenoxy) is 5. The van der Waals surface area contributed by atoms with Crippen molar-refractivity contribution in [2.45, 2.75) is 13.8 Å². The van der Waals surface area contributed by atoms with Crippen LogP contribution in [-0.2, 0) is 4.79 Å². The SMILES string of the molecule is CCOc1cc(C=NNC(=O)c2[nH]c3c(OC)cccc3c2-c2ccccc2)ccc1OC(=O)c1ccc(OC(C)=O)c(OC)c1. The molecular formula is C35H31N3O8. The summed E-state index contributed by atoms with van der Waals surface area (Å²) in [5.74, 6) is -0.179. The van der Waals surface area contributed by atoms with E-state index in [-0.39, 0.29) is 22.8 Å². The molecule has 46 heavy (non-hydrogen) atoms. The van der Waals surface area contributed by atoms with Gasteiger partial charge >= 0.3 is 11.9 Å². The summed E-state index contributed by atoms with van der Waals surface area (Å²) in [5.41, 5.74) is 5.97. The van der Waals surface area contributed by atoms with E-state index in [9.17, 15) is 14.4 Å². The number of methoxy groups -OCH3 is 2. The maximum Gasteiger partial charge on any atom is 0.343 e. The molecule has 234 valence electrons. The van der Waals surface area contributed by atoms with Gasteiger partial charge in [0, 0.05) is 17.9 Å². The van der Waals surface area contributed by atoms with E-state index in [0.717, 1.165) is 16.5 Å². The average molecular weight is 622 g/mol. The zero-order valence-electron chi connectivity index (χ0n) is 25.6. The molecule has 0 saturated carbocycles. The van der Waals surface area contributed by atoms with Gasteiger partial charge in [0.2, 0.25) is 0 Å². The van der Waals surface area contributed by atoms with E-state index in [2.05, 4.69) is 15.5 Å². The summed E-state index contributed by atoms with van der Waals surface area (Å²) in [6.07, 6.45) is 1.45. The number of hydrogen-bond donors (Lipinski definition) is 2. The third-order valence-electron chi connectivity index (χ3n) is 6.81. The molecule has 5 aromatic rings. The smallest absolute Gasteiger partial charge is 0.343 e. The normalized spacial score (nSPS) is 10.9. The second kappa shape index (κ2) is 14.1. The summed E-state index contributed by atoms with van der Waals surface area (Å²) >= 11 is 0. The maximum absolute atomic E-state index is 13.4. The summed E-state index contributed by atoms with van der Waals surface area (Å²) < 4.78 is 27.2.